The number of methoxy groups -OCH3 is 1. The van der Waals surface area contributed by atoms with E-state index in [2.05, 4.69) is 10.1 Å². The van der Waals surface area contributed by atoms with Crippen molar-refractivity contribution in [3.05, 3.63) is 29.8 Å². The zero-order valence-corrected chi connectivity index (χ0v) is 12.0. The first-order valence-corrected chi connectivity index (χ1v) is 6.09. The van der Waals surface area contributed by atoms with Gasteiger partial charge in [-0.3, -0.25) is 5.32 Å². The molecular weight excluding hydrogens is 262 g/mol. The molecule has 2 N–H and O–H groups in total. The molecule has 0 saturated carbocycles. The third-order valence-electron chi connectivity index (χ3n) is 2.27. The highest BCUT2D eigenvalue weighted by Gasteiger charge is 2.19. The molecule has 20 heavy (non-hydrogen) atoms. The van der Waals surface area contributed by atoms with Crippen molar-refractivity contribution in [3.63, 3.8) is 0 Å². The topological polar surface area (TPSA) is 84.9 Å². The van der Waals surface area contributed by atoms with Crippen LogP contribution >= 0.6 is 0 Å². The molecule has 0 aliphatic heterocycles. The van der Waals surface area contributed by atoms with Crippen LogP contribution in [-0.4, -0.2) is 29.9 Å². The summed E-state index contributed by atoms with van der Waals surface area (Å²) in [5.41, 5.74) is 0.137. The lowest BCUT2D eigenvalue weighted by Crippen LogP contribution is -2.27. The Morgan fingerprint density at radius 1 is 1.30 bits per heavy atom. The Kier molecular flexibility index (Phi) is 5.10. The summed E-state index contributed by atoms with van der Waals surface area (Å²) in [6, 6.07) is 6.26. The molecule has 0 aromatic heterocycles. The van der Waals surface area contributed by atoms with Crippen LogP contribution in [0, 0.1) is 0 Å². The van der Waals surface area contributed by atoms with Crippen molar-refractivity contribution in [1.82, 2.24) is 0 Å². The van der Waals surface area contributed by atoms with E-state index in [1.54, 1.807) is 39.0 Å². The number of carbonyl (C=O) groups excluding carboxylic acids is 2. The minimum absolute atomic E-state index is 0.324. The molecule has 0 heterocycles. The molecule has 0 aliphatic rings. The number of aliphatic hydroxyl groups is 1. The molecule has 1 aromatic rings. The number of nitrogens with one attached hydrogen (secondary N) is 1. The number of aliphatic hydroxyl groups excluding tert-OH is 1. The van der Waals surface area contributed by atoms with Gasteiger partial charge in [-0.15, -0.1) is 0 Å². The Bertz CT molecular complexity index is 493. The van der Waals surface area contributed by atoms with E-state index in [0.717, 1.165) is 0 Å². The van der Waals surface area contributed by atoms with E-state index in [1.807, 2.05) is 0 Å². The smallest absolute Gasteiger partial charge is 0.412 e. The number of rotatable bonds is 3. The van der Waals surface area contributed by atoms with E-state index in [4.69, 9.17) is 4.74 Å². The van der Waals surface area contributed by atoms with Crippen molar-refractivity contribution in [2.45, 2.75) is 32.5 Å². The maximum Gasteiger partial charge on any atom is 0.412 e. The number of hydrogen-bond donors (Lipinski definition) is 2. The number of hydrogen-bond acceptors (Lipinski definition) is 5. The lowest BCUT2D eigenvalue weighted by atomic mass is 10.1. The second kappa shape index (κ2) is 6.38. The quantitative estimate of drug-likeness (QED) is 0.830. The fraction of sp³-hybridized carbons (Fsp3) is 0.429. The molecule has 1 atom stereocenters. The van der Waals surface area contributed by atoms with Crippen molar-refractivity contribution >= 4 is 17.7 Å². The van der Waals surface area contributed by atoms with Crippen LogP contribution in [0.1, 0.15) is 32.4 Å². The highest BCUT2D eigenvalue weighted by molar-refractivity contribution is 5.85. The molecule has 0 fully saturated rings. The highest BCUT2D eigenvalue weighted by Crippen LogP contribution is 2.19. The fourth-order valence-electron chi connectivity index (χ4n) is 1.46. The van der Waals surface area contributed by atoms with Gasteiger partial charge >= 0.3 is 12.1 Å². The van der Waals surface area contributed by atoms with Crippen LogP contribution in [0.25, 0.3) is 0 Å². The third-order valence-corrected chi connectivity index (χ3v) is 2.27. The highest BCUT2D eigenvalue weighted by atomic mass is 16.6. The lowest BCUT2D eigenvalue weighted by Gasteiger charge is -2.20. The summed E-state index contributed by atoms with van der Waals surface area (Å²) in [5, 5.41) is 12.2. The average Bonchev–Trinajstić information content (AvgIpc) is 2.34. The first kappa shape index (κ1) is 16.0. The van der Waals surface area contributed by atoms with Gasteiger partial charge in [-0.2, -0.15) is 0 Å². The van der Waals surface area contributed by atoms with Crippen LogP contribution in [0.15, 0.2) is 24.3 Å². The molecular formula is C14H19NO5. The molecule has 0 aliphatic carbocycles. The van der Waals surface area contributed by atoms with Gasteiger partial charge in [-0.25, -0.2) is 9.59 Å². The molecule has 1 rings (SSSR count). The molecule has 0 saturated heterocycles. The van der Waals surface area contributed by atoms with Crippen LogP contribution in [0.3, 0.4) is 0 Å². The minimum Gasteiger partial charge on any atom is -0.467 e. The SMILES string of the molecule is COC(=O)C(O)c1cccc(NC(=O)OC(C)(C)C)c1. The van der Waals surface area contributed by atoms with Gasteiger partial charge in [0.25, 0.3) is 0 Å². The van der Waals surface area contributed by atoms with Crippen molar-refractivity contribution in [2.24, 2.45) is 0 Å². The van der Waals surface area contributed by atoms with Crippen molar-refractivity contribution < 1.29 is 24.2 Å². The molecule has 0 bridgehead atoms. The monoisotopic (exact) mass is 281 g/mol. The minimum atomic E-state index is -1.39. The number of esters is 1. The Hall–Kier alpha value is -2.08. The molecule has 1 aromatic carbocycles. The first-order valence-electron chi connectivity index (χ1n) is 6.09. The number of amides is 1. The summed E-state index contributed by atoms with van der Waals surface area (Å²) in [6.07, 6.45) is -2.00. The zero-order chi connectivity index (χ0) is 15.3. The average molecular weight is 281 g/mol. The Labute approximate surface area is 117 Å². The van der Waals surface area contributed by atoms with Crippen LogP contribution in [0.5, 0.6) is 0 Å². The summed E-state index contributed by atoms with van der Waals surface area (Å²) in [7, 11) is 1.19. The molecule has 0 radical (unpaired) electrons. The largest absolute Gasteiger partial charge is 0.467 e. The Balaban J connectivity index is 2.78. The number of anilines is 1. The predicted octanol–water partition coefficient (Wildman–Crippen LogP) is 2.24. The predicted molar refractivity (Wildman–Crippen MR) is 73.3 cm³/mol. The van der Waals surface area contributed by atoms with Crippen molar-refractivity contribution in [3.8, 4) is 0 Å². The van der Waals surface area contributed by atoms with Crippen LogP contribution < -0.4 is 5.32 Å². The molecule has 0 spiro atoms. The summed E-state index contributed by atoms with van der Waals surface area (Å²) >= 11 is 0. The van der Waals surface area contributed by atoms with Crippen molar-refractivity contribution in [1.29, 1.82) is 0 Å². The molecule has 1 amide bonds. The van der Waals surface area contributed by atoms with E-state index >= 15 is 0 Å². The lowest BCUT2D eigenvalue weighted by molar-refractivity contribution is -0.150. The normalized spacial score (nSPS) is 12.4. The van der Waals surface area contributed by atoms with Gasteiger partial charge in [-0.05, 0) is 38.5 Å². The molecule has 1 unspecified atom stereocenters. The van der Waals surface area contributed by atoms with Gasteiger partial charge in [0.05, 0.1) is 7.11 Å². The van der Waals surface area contributed by atoms with Gasteiger partial charge < -0.3 is 14.6 Å². The summed E-state index contributed by atoms with van der Waals surface area (Å²) < 4.78 is 9.56. The van der Waals surface area contributed by atoms with E-state index in [1.165, 1.54) is 13.2 Å². The van der Waals surface area contributed by atoms with Gasteiger partial charge in [0, 0.05) is 5.69 Å². The van der Waals surface area contributed by atoms with Gasteiger partial charge in [0.1, 0.15) is 5.60 Å². The second-order valence-corrected chi connectivity index (χ2v) is 5.18. The van der Waals surface area contributed by atoms with Gasteiger partial charge in [0.15, 0.2) is 6.10 Å². The molecule has 110 valence electrons. The van der Waals surface area contributed by atoms with E-state index < -0.39 is 23.8 Å². The number of ether oxygens (including phenoxy) is 2. The third kappa shape index (κ3) is 4.89. The van der Waals surface area contributed by atoms with Gasteiger partial charge in [-0.1, -0.05) is 12.1 Å². The maximum absolute atomic E-state index is 11.6. The zero-order valence-electron chi connectivity index (χ0n) is 12.0. The van der Waals surface area contributed by atoms with Crippen molar-refractivity contribution in [2.75, 3.05) is 12.4 Å². The number of benzene rings is 1. The van der Waals surface area contributed by atoms with E-state index in [9.17, 15) is 14.7 Å². The summed E-state index contributed by atoms with van der Waals surface area (Å²) in [6.45, 7) is 5.26. The van der Waals surface area contributed by atoms with Crippen LogP contribution in [0.4, 0.5) is 10.5 Å². The van der Waals surface area contributed by atoms with Crippen LogP contribution in [0.2, 0.25) is 0 Å². The van der Waals surface area contributed by atoms with E-state index in [0.29, 0.717) is 11.3 Å². The fourth-order valence-corrected chi connectivity index (χ4v) is 1.46. The summed E-state index contributed by atoms with van der Waals surface area (Å²) in [5.74, 6) is -0.764. The van der Waals surface area contributed by atoms with E-state index in [-0.39, 0.29) is 0 Å². The summed E-state index contributed by atoms with van der Waals surface area (Å²) in [4.78, 5) is 22.9. The first-order chi connectivity index (χ1) is 9.23. The Morgan fingerprint density at radius 3 is 2.50 bits per heavy atom. The van der Waals surface area contributed by atoms with Crippen LogP contribution in [-0.2, 0) is 14.3 Å². The van der Waals surface area contributed by atoms with Gasteiger partial charge in [0.2, 0.25) is 0 Å². The number of carbonyl (C=O) groups is 2. The molecule has 6 nitrogen and oxygen atoms in total. The standard InChI is InChI=1S/C14H19NO5/c1-14(2,3)20-13(18)15-10-7-5-6-9(8-10)11(16)12(17)19-4/h5-8,11,16H,1-4H3,(H,15,18). The Morgan fingerprint density at radius 2 is 1.95 bits per heavy atom. The second-order valence-electron chi connectivity index (χ2n) is 5.18. The maximum atomic E-state index is 11.6. The molecule has 6 heteroatoms.